The van der Waals surface area contributed by atoms with Crippen molar-refractivity contribution in [2.45, 2.75) is 6.92 Å². The molecule has 0 aliphatic rings. The standard InChI is InChI=1S/C8H8FN5/c1-5-6(9)2-8(13-12-5)14-3-7(10)11-4-14/h2-4H,10H2,1H3. The summed E-state index contributed by atoms with van der Waals surface area (Å²) in [6.45, 7) is 1.55. The summed E-state index contributed by atoms with van der Waals surface area (Å²) in [4.78, 5) is 3.80. The molecule has 2 aromatic rings. The van der Waals surface area contributed by atoms with Crippen molar-refractivity contribution in [2.24, 2.45) is 0 Å². The number of hydrogen-bond acceptors (Lipinski definition) is 4. The van der Waals surface area contributed by atoms with Crippen molar-refractivity contribution in [3.8, 4) is 5.82 Å². The number of halogens is 1. The summed E-state index contributed by atoms with van der Waals surface area (Å²) < 4.78 is 14.6. The number of nitrogens with zero attached hydrogens (tertiary/aromatic N) is 4. The monoisotopic (exact) mass is 193 g/mol. The Kier molecular flexibility index (Phi) is 1.88. The molecule has 72 valence electrons. The SMILES string of the molecule is Cc1nnc(-n2cnc(N)c2)cc1F. The van der Waals surface area contributed by atoms with Crippen LogP contribution in [0.3, 0.4) is 0 Å². The Bertz CT molecular complexity index is 465. The van der Waals surface area contributed by atoms with Gasteiger partial charge in [0, 0.05) is 6.07 Å². The van der Waals surface area contributed by atoms with Crippen LogP contribution in [0, 0.1) is 12.7 Å². The van der Waals surface area contributed by atoms with Crippen LogP contribution in [0.15, 0.2) is 18.6 Å². The van der Waals surface area contributed by atoms with Crippen molar-refractivity contribution in [1.29, 1.82) is 0 Å². The number of aromatic nitrogens is 4. The zero-order valence-electron chi connectivity index (χ0n) is 7.48. The lowest BCUT2D eigenvalue weighted by Crippen LogP contribution is -2.00. The van der Waals surface area contributed by atoms with E-state index in [0.717, 1.165) is 0 Å². The Hall–Kier alpha value is -1.98. The first-order valence-electron chi connectivity index (χ1n) is 3.96. The molecule has 0 unspecified atom stereocenters. The normalized spacial score (nSPS) is 10.4. The predicted molar refractivity (Wildman–Crippen MR) is 48.3 cm³/mol. The van der Waals surface area contributed by atoms with Crippen LogP contribution in [0.5, 0.6) is 0 Å². The van der Waals surface area contributed by atoms with Crippen LogP contribution >= 0.6 is 0 Å². The van der Waals surface area contributed by atoms with E-state index in [1.54, 1.807) is 13.1 Å². The summed E-state index contributed by atoms with van der Waals surface area (Å²) in [6.07, 6.45) is 2.99. The average Bonchev–Trinajstić information content (AvgIpc) is 2.57. The molecular weight excluding hydrogens is 185 g/mol. The summed E-state index contributed by atoms with van der Waals surface area (Å²) in [5.41, 5.74) is 5.68. The van der Waals surface area contributed by atoms with Gasteiger partial charge in [0.05, 0.1) is 11.9 Å². The molecule has 6 heteroatoms. The minimum Gasteiger partial charge on any atom is -0.382 e. The van der Waals surface area contributed by atoms with Gasteiger partial charge in [-0.25, -0.2) is 9.37 Å². The topological polar surface area (TPSA) is 69.6 Å². The summed E-state index contributed by atoms with van der Waals surface area (Å²) in [5.74, 6) is 0.312. The first kappa shape index (κ1) is 8.61. The van der Waals surface area contributed by atoms with Crippen LogP contribution in [0.4, 0.5) is 10.2 Å². The van der Waals surface area contributed by atoms with Gasteiger partial charge in [-0.05, 0) is 6.92 Å². The molecule has 2 aromatic heterocycles. The molecule has 14 heavy (non-hydrogen) atoms. The molecular formula is C8H8FN5. The molecule has 0 bridgehead atoms. The van der Waals surface area contributed by atoms with Crippen LogP contribution in [-0.4, -0.2) is 19.7 Å². The summed E-state index contributed by atoms with van der Waals surface area (Å²) in [6, 6.07) is 1.28. The van der Waals surface area contributed by atoms with E-state index in [0.29, 0.717) is 11.6 Å². The molecule has 2 rings (SSSR count). The predicted octanol–water partition coefficient (Wildman–Crippen LogP) is 0.692. The number of nitrogens with two attached hydrogens (primary N) is 1. The lowest BCUT2D eigenvalue weighted by Gasteiger charge is -2.00. The Morgan fingerprint density at radius 1 is 1.43 bits per heavy atom. The third-order valence-corrected chi connectivity index (χ3v) is 1.77. The highest BCUT2D eigenvalue weighted by Crippen LogP contribution is 2.08. The van der Waals surface area contributed by atoms with Gasteiger partial charge in [0.1, 0.15) is 18.0 Å². The first-order valence-corrected chi connectivity index (χ1v) is 3.96. The molecule has 0 saturated heterocycles. The van der Waals surface area contributed by atoms with Gasteiger partial charge in [-0.3, -0.25) is 4.57 Å². The van der Waals surface area contributed by atoms with Crippen LogP contribution < -0.4 is 5.73 Å². The molecule has 0 fully saturated rings. The lowest BCUT2D eigenvalue weighted by molar-refractivity contribution is 0.598. The maximum Gasteiger partial charge on any atom is 0.163 e. The minimum atomic E-state index is -0.401. The maximum atomic E-state index is 13.1. The van der Waals surface area contributed by atoms with Gasteiger partial charge in [-0.2, -0.15) is 5.10 Å². The second-order valence-electron chi connectivity index (χ2n) is 2.84. The molecule has 0 saturated carbocycles. The number of hydrogen-bond donors (Lipinski definition) is 1. The Morgan fingerprint density at radius 3 is 2.79 bits per heavy atom. The summed E-state index contributed by atoms with van der Waals surface area (Å²) in [7, 11) is 0. The zero-order chi connectivity index (χ0) is 10.1. The molecule has 0 aliphatic heterocycles. The number of aryl methyl sites for hydroxylation is 1. The second-order valence-corrected chi connectivity index (χ2v) is 2.84. The van der Waals surface area contributed by atoms with Crippen LogP contribution in [0.1, 0.15) is 5.69 Å². The van der Waals surface area contributed by atoms with E-state index < -0.39 is 5.82 Å². The van der Waals surface area contributed by atoms with Crippen LogP contribution in [0.25, 0.3) is 5.82 Å². The van der Waals surface area contributed by atoms with Gasteiger partial charge in [-0.15, -0.1) is 5.10 Å². The molecule has 0 aromatic carbocycles. The fraction of sp³-hybridized carbons (Fsp3) is 0.125. The highest BCUT2D eigenvalue weighted by Gasteiger charge is 2.04. The third-order valence-electron chi connectivity index (χ3n) is 1.77. The number of imidazole rings is 1. The van der Waals surface area contributed by atoms with Gasteiger partial charge in [-0.1, -0.05) is 0 Å². The molecule has 0 radical (unpaired) electrons. The van der Waals surface area contributed by atoms with Gasteiger partial charge >= 0.3 is 0 Å². The molecule has 0 spiro atoms. The van der Waals surface area contributed by atoms with E-state index in [-0.39, 0.29) is 5.69 Å². The lowest BCUT2D eigenvalue weighted by atomic mass is 10.4. The Morgan fingerprint density at radius 2 is 2.21 bits per heavy atom. The molecule has 5 nitrogen and oxygen atoms in total. The van der Waals surface area contributed by atoms with Crippen molar-refractivity contribution in [3.05, 3.63) is 30.1 Å². The van der Waals surface area contributed by atoms with Crippen molar-refractivity contribution in [3.63, 3.8) is 0 Å². The van der Waals surface area contributed by atoms with Crippen molar-refractivity contribution in [2.75, 3.05) is 5.73 Å². The fourth-order valence-corrected chi connectivity index (χ4v) is 1.01. The van der Waals surface area contributed by atoms with E-state index in [1.807, 2.05) is 0 Å². The quantitative estimate of drug-likeness (QED) is 0.723. The van der Waals surface area contributed by atoms with E-state index >= 15 is 0 Å². The summed E-state index contributed by atoms with van der Waals surface area (Å²) in [5, 5.41) is 7.45. The Labute approximate surface area is 79.4 Å². The van der Waals surface area contributed by atoms with Gasteiger partial charge in [0.15, 0.2) is 5.82 Å². The van der Waals surface area contributed by atoms with Crippen molar-refractivity contribution >= 4 is 5.82 Å². The summed E-state index contributed by atoms with van der Waals surface area (Å²) >= 11 is 0. The molecule has 2 heterocycles. The first-order chi connectivity index (χ1) is 6.66. The maximum absolute atomic E-state index is 13.1. The third kappa shape index (κ3) is 1.41. The van der Waals surface area contributed by atoms with Gasteiger partial charge < -0.3 is 5.73 Å². The minimum absolute atomic E-state index is 0.266. The molecule has 2 N–H and O–H groups in total. The largest absolute Gasteiger partial charge is 0.382 e. The van der Waals surface area contributed by atoms with E-state index in [4.69, 9.17) is 5.73 Å². The highest BCUT2D eigenvalue weighted by molar-refractivity contribution is 5.30. The fourth-order valence-electron chi connectivity index (χ4n) is 1.01. The van der Waals surface area contributed by atoms with Gasteiger partial charge in [0.2, 0.25) is 0 Å². The average molecular weight is 193 g/mol. The zero-order valence-corrected chi connectivity index (χ0v) is 7.48. The van der Waals surface area contributed by atoms with Crippen molar-refractivity contribution < 1.29 is 4.39 Å². The number of nitrogen functional groups attached to an aromatic ring is 1. The molecule has 0 amide bonds. The Balaban J connectivity index is 2.47. The van der Waals surface area contributed by atoms with Crippen molar-refractivity contribution in [1.82, 2.24) is 19.7 Å². The smallest absolute Gasteiger partial charge is 0.163 e. The number of anilines is 1. The van der Waals surface area contributed by atoms with Crippen LogP contribution in [-0.2, 0) is 0 Å². The van der Waals surface area contributed by atoms with E-state index in [9.17, 15) is 4.39 Å². The number of rotatable bonds is 1. The van der Waals surface area contributed by atoms with E-state index in [2.05, 4.69) is 15.2 Å². The van der Waals surface area contributed by atoms with Crippen LogP contribution in [0.2, 0.25) is 0 Å². The molecule has 0 atom stereocenters. The van der Waals surface area contributed by atoms with E-state index in [1.165, 1.54) is 17.0 Å². The van der Waals surface area contributed by atoms with Gasteiger partial charge in [0.25, 0.3) is 0 Å². The highest BCUT2D eigenvalue weighted by atomic mass is 19.1. The molecule has 0 aliphatic carbocycles. The second kappa shape index (κ2) is 3.06.